The quantitative estimate of drug-likeness (QED) is 0.619. The highest BCUT2D eigenvalue weighted by Crippen LogP contribution is 2.36. The molecule has 3 aromatic rings. The second-order valence-electron chi connectivity index (χ2n) is 6.25. The number of aliphatic hydroxyl groups excluding tert-OH is 1. The lowest BCUT2D eigenvalue weighted by Gasteiger charge is -2.29. The zero-order chi connectivity index (χ0) is 19.4. The van der Waals surface area contributed by atoms with Gasteiger partial charge in [-0.05, 0) is 42.8 Å². The first-order chi connectivity index (χ1) is 12.9. The third kappa shape index (κ3) is 4.59. The van der Waals surface area contributed by atoms with E-state index in [9.17, 15) is 10.2 Å². The molecule has 0 fully saturated rings. The van der Waals surface area contributed by atoms with Gasteiger partial charge in [-0.3, -0.25) is 0 Å². The molecule has 2 aromatic carbocycles. The normalized spacial score (nSPS) is 13.4. The Labute approximate surface area is 167 Å². The Morgan fingerprint density at radius 1 is 1.11 bits per heavy atom. The van der Waals surface area contributed by atoms with Crippen molar-refractivity contribution < 1.29 is 14.9 Å². The van der Waals surface area contributed by atoms with E-state index in [4.69, 9.17) is 27.9 Å². The summed E-state index contributed by atoms with van der Waals surface area (Å²) in [7, 11) is 0. The molecule has 0 saturated heterocycles. The van der Waals surface area contributed by atoms with E-state index < -0.39 is 5.60 Å². The third-order valence-electron chi connectivity index (χ3n) is 4.22. The van der Waals surface area contributed by atoms with Gasteiger partial charge >= 0.3 is 0 Å². The zero-order valence-corrected chi connectivity index (χ0v) is 16.2. The van der Waals surface area contributed by atoms with Crippen molar-refractivity contribution in [3.05, 3.63) is 70.2 Å². The van der Waals surface area contributed by atoms with Crippen molar-refractivity contribution in [1.29, 1.82) is 0 Å². The molecule has 0 aliphatic heterocycles. The molecule has 1 atom stereocenters. The van der Waals surface area contributed by atoms with Crippen molar-refractivity contribution in [2.75, 3.05) is 6.61 Å². The molecule has 0 amide bonds. The van der Waals surface area contributed by atoms with Crippen molar-refractivity contribution in [2.45, 2.75) is 25.5 Å². The molecule has 0 radical (unpaired) electrons. The lowest BCUT2D eigenvalue weighted by molar-refractivity contribution is -0.00756. The highest BCUT2D eigenvalue weighted by atomic mass is 35.5. The number of hydrogen-bond donors (Lipinski definition) is 2. The number of nitrogens with zero attached hydrogens (tertiary/aromatic N) is 3. The summed E-state index contributed by atoms with van der Waals surface area (Å²) in [6, 6.07) is 10.4. The summed E-state index contributed by atoms with van der Waals surface area (Å²) in [5.74, 6) is 1.16. The highest BCUT2D eigenvalue weighted by molar-refractivity contribution is 6.31. The minimum atomic E-state index is -1.39. The van der Waals surface area contributed by atoms with Gasteiger partial charge in [0, 0.05) is 23.6 Å². The van der Waals surface area contributed by atoms with Gasteiger partial charge in [0.25, 0.3) is 0 Å². The Balaban J connectivity index is 1.86. The summed E-state index contributed by atoms with van der Waals surface area (Å²) in [5.41, 5.74) is -0.00930. The molecule has 0 aliphatic carbocycles. The van der Waals surface area contributed by atoms with Gasteiger partial charge in [-0.15, -0.1) is 0 Å². The molecule has 8 heteroatoms. The number of aliphatic hydroxyl groups is 2. The van der Waals surface area contributed by atoms with E-state index in [-0.39, 0.29) is 19.6 Å². The first kappa shape index (κ1) is 19.6. The monoisotopic (exact) mass is 407 g/mol. The zero-order valence-electron chi connectivity index (χ0n) is 14.6. The molecule has 6 nitrogen and oxygen atoms in total. The minimum Gasteiger partial charge on any atom is -0.457 e. The molecule has 0 aliphatic rings. The summed E-state index contributed by atoms with van der Waals surface area (Å²) in [5, 5.41) is 25.5. The maximum absolute atomic E-state index is 11.1. The summed E-state index contributed by atoms with van der Waals surface area (Å²) in [6.45, 7) is 1.80. The van der Waals surface area contributed by atoms with Gasteiger partial charge in [-0.25, -0.2) is 9.67 Å². The Kier molecular flexibility index (Phi) is 6.01. The van der Waals surface area contributed by atoms with Crippen LogP contribution in [0.1, 0.15) is 17.5 Å². The van der Waals surface area contributed by atoms with E-state index in [1.54, 1.807) is 30.3 Å². The lowest BCUT2D eigenvalue weighted by atomic mass is 9.90. The van der Waals surface area contributed by atoms with Crippen LogP contribution in [-0.4, -0.2) is 31.6 Å². The number of halogens is 2. The Hall–Kier alpha value is -2.12. The summed E-state index contributed by atoms with van der Waals surface area (Å²) < 4.78 is 7.32. The predicted molar refractivity (Wildman–Crippen MR) is 103 cm³/mol. The smallest absolute Gasteiger partial charge is 0.137 e. The van der Waals surface area contributed by atoms with Crippen LogP contribution in [0, 0.1) is 6.92 Å². The van der Waals surface area contributed by atoms with Crippen LogP contribution in [0.5, 0.6) is 11.5 Å². The van der Waals surface area contributed by atoms with Crippen molar-refractivity contribution >= 4 is 23.2 Å². The number of aromatic nitrogens is 3. The molecule has 3 rings (SSSR count). The molecule has 1 heterocycles. The molecule has 1 aromatic heterocycles. The fourth-order valence-corrected chi connectivity index (χ4v) is 3.28. The average Bonchev–Trinajstić information content (AvgIpc) is 3.11. The number of aryl methyl sites for hydroxylation is 1. The van der Waals surface area contributed by atoms with E-state index >= 15 is 0 Å². The van der Waals surface area contributed by atoms with E-state index in [1.807, 2.05) is 13.0 Å². The molecule has 0 bridgehead atoms. The maximum atomic E-state index is 11.1. The molecule has 1 unspecified atom stereocenters. The van der Waals surface area contributed by atoms with Gasteiger partial charge in [0.05, 0.1) is 11.6 Å². The van der Waals surface area contributed by atoms with Gasteiger partial charge in [0.1, 0.15) is 29.8 Å². The van der Waals surface area contributed by atoms with Crippen LogP contribution >= 0.6 is 23.2 Å². The first-order valence-corrected chi connectivity index (χ1v) is 9.06. The fraction of sp³-hybridized carbons (Fsp3) is 0.263. The van der Waals surface area contributed by atoms with E-state index in [0.29, 0.717) is 27.1 Å². The lowest BCUT2D eigenvalue weighted by Crippen LogP contribution is -2.33. The maximum Gasteiger partial charge on any atom is 0.137 e. The van der Waals surface area contributed by atoms with Crippen LogP contribution in [0.15, 0.2) is 49.1 Å². The van der Waals surface area contributed by atoms with Crippen molar-refractivity contribution in [2.24, 2.45) is 0 Å². The minimum absolute atomic E-state index is 0.100. The Morgan fingerprint density at radius 3 is 2.48 bits per heavy atom. The van der Waals surface area contributed by atoms with Gasteiger partial charge < -0.3 is 14.9 Å². The molecule has 142 valence electrons. The molecular weight excluding hydrogens is 389 g/mol. The molecule has 2 N–H and O–H groups in total. The summed E-state index contributed by atoms with van der Waals surface area (Å²) >= 11 is 12.5. The van der Waals surface area contributed by atoms with Gasteiger partial charge in [-0.2, -0.15) is 5.10 Å². The van der Waals surface area contributed by atoms with Crippen molar-refractivity contribution in [3.8, 4) is 11.5 Å². The van der Waals surface area contributed by atoms with Gasteiger partial charge in [0.15, 0.2) is 0 Å². The van der Waals surface area contributed by atoms with E-state index in [2.05, 4.69) is 10.1 Å². The van der Waals surface area contributed by atoms with E-state index in [0.717, 1.165) is 5.56 Å². The average molecular weight is 408 g/mol. The largest absolute Gasteiger partial charge is 0.457 e. The standard InChI is InChI=1S/C19H19Cl2N3O3/c1-13-8-14(3-5-17(13)20)27-15-2-4-16(18(21)9-15)19(26,6-7-25)10-24-12-22-11-23-24/h2-5,8-9,11-12,25-26H,6-7,10H2,1H3. The van der Waals surface area contributed by atoms with Crippen LogP contribution < -0.4 is 4.74 Å². The molecule has 0 spiro atoms. The number of benzene rings is 2. The van der Waals surface area contributed by atoms with Crippen LogP contribution in [-0.2, 0) is 12.1 Å². The Morgan fingerprint density at radius 2 is 1.85 bits per heavy atom. The third-order valence-corrected chi connectivity index (χ3v) is 4.96. The molecule has 27 heavy (non-hydrogen) atoms. The van der Waals surface area contributed by atoms with Crippen LogP contribution in [0.25, 0.3) is 0 Å². The number of rotatable bonds is 7. The number of hydrogen-bond acceptors (Lipinski definition) is 5. The van der Waals surface area contributed by atoms with Crippen LogP contribution in [0.3, 0.4) is 0 Å². The Bertz CT molecular complexity index is 919. The van der Waals surface area contributed by atoms with Crippen molar-refractivity contribution in [3.63, 3.8) is 0 Å². The summed E-state index contributed by atoms with van der Waals surface area (Å²) in [6.07, 6.45) is 2.98. The second kappa shape index (κ2) is 8.27. The molecular formula is C19H19Cl2N3O3. The second-order valence-corrected chi connectivity index (χ2v) is 7.07. The van der Waals surface area contributed by atoms with Gasteiger partial charge in [-0.1, -0.05) is 29.3 Å². The van der Waals surface area contributed by atoms with Crippen molar-refractivity contribution in [1.82, 2.24) is 14.8 Å². The van der Waals surface area contributed by atoms with Crippen LogP contribution in [0.4, 0.5) is 0 Å². The SMILES string of the molecule is Cc1cc(Oc2ccc(C(O)(CCO)Cn3cncn3)c(Cl)c2)ccc1Cl. The molecule has 0 saturated carbocycles. The highest BCUT2D eigenvalue weighted by Gasteiger charge is 2.32. The fourth-order valence-electron chi connectivity index (χ4n) is 2.82. The van der Waals surface area contributed by atoms with E-state index in [1.165, 1.54) is 17.3 Å². The number of ether oxygens (including phenoxy) is 1. The first-order valence-electron chi connectivity index (χ1n) is 8.31. The summed E-state index contributed by atoms with van der Waals surface area (Å²) in [4.78, 5) is 3.87. The predicted octanol–water partition coefficient (Wildman–Crippen LogP) is 3.96. The topological polar surface area (TPSA) is 80.4 Å². The van der Waals surface area contributed by atoms with Gasteiger partial charge in [0.2, 0.25) is 0 Å². The van der Waals surface area contributed by atoms with Crippen LogP contribution in [0.2, 0.25) is 10.0 Å².